The highest BCUT2D eigenvalue weighted by atomic mass is 32.2. The summed E-state index contributed by atoms with van der Waals surface area (Å²) in [7, 11) is -1.93. The van der Waals surface area contributed by atoms with Gasteiger partial charge in [0.05, 0.1) is 29.6 Å². The summed E-state index contributed by atoms with van der Waals surface area (Å²) in [5.74, 6) is -0.550. The fourth-order valence-electron chi connectivity index (χ4n) is 3.71. The Kier molecular flexibility index (Phi) is 6.23. The molecule has 0 bridgehead atoms. The number of alkyl halides is 2. The van der Waals surface area contributed by atoms with Crippen molar-refractivity contribution in [2.75, 3.05) is 12.4 Å². The molecule has 2 aromatic rings. The molecule has 3 atom stereocenters. The minimum Gasteiger partial charge on any atom is -0.480 e. The Morgan fingerprint density at radius 3 is 2.28 bits per heavy atom. The maximum absolute atomic E-state index is 13.7. The minimum absolute atomic E-state index is 0.0194. The van der Waals surface area contributed by atoms with Crippen LogP contribution in [0.3, 0.4) is 0 Å². The molecule has 2 aliphatic rings. The van der Waals surface area contributed by atoms with E-state index in [-0.39, 0.29) is 40.3 Å². The van der Waals surface area contributed by atoms with E-state index < -0.39 is 34.0 Å². The lowest BCUT2D eigenvalue weighted by Gasteiger charge is -2.12. The number of hydrogen-bond acceptors (Lipinski definition) is 6. The second kappa shape index (κ2) is 8.93. The fraction of sp³-hybridized carbons (Fsp3) is 0.409. The lowest BCUT2D eigenvalue weighted by Crippen LogP contribution is -2.16. The molecule has 1 amide bonds. The summed E-state index contributed by atoms with van der Waals surface area (Å²) in [6.45, 7) is 0. The Labute approximate surface area is 184 Å². The number of carbonyl (C=O) groups excluding carboxylic acids is 1. The smallest absolute Gasteiger partial charge is 0.257 e. The van der Waals surface area contributed by atoms with E-state index in [1.807, 2.05) is 0 Å². The van der Waals surface area contributed by atoms with E-state index in [4.69, 9.17) is 4.74 Å². The SMILES string of the molecule is COc1cnc(NC(=O)/C(=C/[C@H]2C[C@@H](F)[C@@H](F)C2)c2ccc(S(=O)(=O)C3CC3)cc2)cn1. The first-order chi connectivity index (χ1) is 15.3. The molecule has 0 radical (unpaired) electrons. The van der Waals surface area contributed by atoms with Crippen molar-refractivity contribution < 1.29 is 26.7 Å². The molecule has 32 heavy (non-hydrogen) atoms. The van der Waals surface area contributed by atoms with E-state index in [9.17, 15) is 22.0 Å². The molecule has 0 saturated heterocycles. The number of aromatic nitrogens is 2. The van der Waals surface area contributed by atoms with Crippen LogP contribution in [0.15, 0.2) is 47.6 Å². The molecule has 2 fully saturated rings. The van der Waals surface area contributed by atoms with Crippen molar-refractivity contribution in [3.63, 3.8) is 0 Å². The first-order valence-corrected chi connectivity index (χ1v) is 11.8. The summed E-state index contributed by atoms with van der Waals surface area (Å²) in [4.78, 5) is 21.3. The predicted molar refractivity (Wildman–Crippen MR) is 114 cm³/mol. The molecule has 1 aromatic heterocycles. The van der Waals surface area contributed by atoms with E-state index in [2.05, 4.69) is 15.3 Å². The lowest BCUT2D eigenvalue weighted by atomic mass is 9.98. The van der Waals surface area contributed by atoms with E-state index in [0.717, 1.165) is 0 Å². The van der Waals surface area contributed by atoms with Crippen LogP contribution < -0.4 is 10.1 Å². The van der Waals surface area contributed by atoms with Crippen LogP contribution in [-0.4, -0.2) is 49.0 Å². The molecule has 170 valence electrons. The summed E-state index contributed by atoms with van der Waals surface area (Å²) >= 11 is 0. The average Bonchev–Trinajstić information content (AvgIpc) is 3.59. The summed E-state index contributed by atoms with van der Waals surface area (Å²) in [6, 6.07) is 5.99. The normalized spacial score (nSPS) is 23.7. The fourth-order valence-corrected chi connectivity index (χ4v) is 5.37. The summed E-state index contributed by atoms with van der Waals surface area (Å²) in [6.07, 6.45) is 2.33. The van der Waals surface area contributed by atoms with Crippen LogP contribution in [0.2, 0.25) is 0 Å². The summed E-state index contributed by atoms with van der Waals surface area (Å²) in [5, 5.41) is 2.27. The van der Waals surface area contributed by atoms with Crippen molar-refractivity contribution in [2.24, 2.45) is 5.92 Å². The van der Waals surface area contributed by atoms with Crippen molar-refractivity contribution in [3.8, 4) is 5.88 Å². The van der Waals surface area contributed by atoms with Crippen molar-refractivity contribution in [1.29, 1.82) is 0 Å². The van der Waals surface area contributed by atoms with Crippen molar-refractivity contribution in [3.05, 3.63) is 48.3 Å². The van der Waals surface area contributed by atoms with Crippen LogP contribution >= 0.6 is 0 Å². The number of ether oxygens (including phenoxy) is 1. The summed E-state index contributed by atoms with van der Waals surface area (Å²) in [5.41, 5.74) is 0.626. The van der Waals surface area contributed by atoms with Gasteiger partial charge in [0.25, 0.3) is 5.91 Å². The Morgan fingerprint density at radius 1 is 1.09 bits per heavy atom. The zero-order valence-corrected chi connectivity index (χ0v) is 18.2. The van der Waals surface area contributed by atoms with Gasteiger partial charge < -0.3 is 10.1 Å². The Bertz CT molecular complexity index is 1110. The Balaban J connectivity index is 1.62. The highest BCUT2D eigenvalue weighted by Crippen LogP contribution is 2.36. The molecular weight excluding hydrogens is 440 g/mol. The third-order valence-corrected chi connectivity index (χ3v) is 7.91. The van der Waals surface area contributed by atoms with Crippen molar-refractivity contribution in [1.82, 2.24) is 9.97 Å². The molecule has 1 aromatic carbocycles. The number of allylic oxidation sites excluding steroid dienone is 1. The standard InChI is InChI=1S/C22H23F2N3O4S/c1-31-21-12-25-20(11-26-21)27-22(28)17(8-13-9-18(23)19(24)10-13)14-2-4-15(5-3-14)32(29,30)16-6-7-16/h2-5,8,11-13,16,18-19H,6-7,9-10H2,1H3,(H,25,27,28)/b17-8+/t13-,18+,19-. The van der Waals surface area contributed by atoms with Crippen LogP contribution in [0.1, 0.15) is 31.2 Å². The topological polar surface area (TPSA) is 98.2 Å². The third-order valence-electron chi connectivity index (χ3n) is 5.63. The number of nitrogens with zero attached hydrogens (tertiary/aromatic N) is 2. The molecule has 2 saturated carbocycles. The van der Waals surface area contributed by atoms with Crippen LogP contribution in [0, 0.1) is 5.92 Å². The first kappa shape index (κ1) is 22.3. The molecule has 0 aliphatic heterocycles. The zero-order valence-electron chi connectivity index (χ0n) is 17.4. The predicted octanol–water partition coefficient (Wildman–Crippen LogP) is 3.53. The third kappa shape index (κ3) is 4.79. The van der Waals surface area contributed by atoms with E-state index in [0.29, 0.717) is 18.4 Å². The second-order valence-corrected chi connectivity index (χ2v) is 10.2. The number of halogens is 2. The van der Waals surface area contributed by atoms with Crippen molar-refractivity contribution in [2.45, 2.75) is 48.2 Å². The maximum Gasteiger partial charge on any atom is 0.257 e. The number of anilines is 1. The number of methoxy groups -OCH3 is 1. The molecule has 7 nitrogen and oxygen atoms in total. The van der Waals surface area contributed by atoms with Crippen LogP contribution in [0.4, 0.5) is 14.6 Å². The maximum atomic E-state index is 13.7. The van der Waals surface area contributed by atoms with Gasteiger partial charge in [0.2, 0.25) is 5.88 Å². The minimum atomic E-state index is -3.37. The van der Waals surface area contributed by atoms with Gasteiger partial charge >= 0.3 is 0 Å². The van der Waals surface area contributed by atoms with Gasteiger partial charge in [0.15, 0.2) is 15.7 Å². The quantitative estimate of drug-likeness (QED) is 0.631. The van der Waals surface area contributed by atoms with Gasteiger partial charge in [0.1, 0.15) is 12.3 Å². The lowest BCUT2D eigenvalue weighted by molar-refractivity contribution is -0.111. The monoisotopic (exact) mass is 463 g/mol. The molecule has 10 heteroatoms. The average molecular weight is 464 g/mol. The Hall–Kier alpha value is -2.88. The highest BCUT2D eigenvalue weighted by Gasteiger charge is 2.37. The number of sulfone groups is 1. The molecule has 0 unspecified atom stereocenters. The molecule has 1 heterocycles. The molecule has 0 spiro atoms. The van der Waals surface area contributed by atoms with Gasteiger partial charge in [-0.25, -0.2) is 27.2 Å². The van der Waals surface area contributed by atoms with Gasteiger partial charge in [-0.3, -0.25) is 4.79 Å². The molecule has 1 N–H and O–H groups in total. The van der Waals surface area contributed by atoms with E-state index in [1.165, 1.54) is 43.8 Å². The first-order valence-electron chi connectivity index (χ1n) is 10.3. The molecule has 2 aliphatic carbocycles. The number of carbonyl (C=O) groups is 1. The number of hydrogen-bond donors (Lipinski definition) is 1. The highest BCUT2D eigenvalue weighted by molar-refractivity contribution is 7.92. The largest absolute Gasteiger partial charge is 0.480 e. The number of benzene rings is 1. The Morgan fingerprint density at radius 2 is 1.75 bits per heavy atom. The van der Waals surface area contributed by atoms with Crippen LogP contribution in [-0.2, 0) is 14.6 Å². The second-order valence-electron chi connectivity index (χ2n) is 8.01. The van der Waals surface area contributed by atoms with Crippen molar-refractivity contribution >= 4 is 27.1 Å². The van der Waals surface area contributed by atoms with Gasteiger partial charge in [-0.1, -0.05) is 18.2 Å². The number of nitrogens with one attached hydrogen (secondary N) is 1. The van der Waals surface area contributed by atoms with Crippen LogP contribution in [0.25, 0.3) is 5.57 Å². The number of amides is 1. The number of rotatable bonds is 7. The zero-order chi connectivity index (χ0) is 22.9. The molecular formula is C22H23F2N3O4S. The van der Waals surface area contributed by atoms with E-state index in [1.54, 1.807) is 6.08 Å². The van der Waals surface area contributed by atoms with Crippen LogP contribution in [0.5, 0.6) is 5.88 Å². The molecule has 4 rings (SSSR count). The summed E-state index contributed by atoms with van der Waals surface area (Å²) < 4.78 is 57.3. The van der Waals surface area contributed by atoms with Gasteiger partial charge in [-0.2, -0.15) is 0 Å². The van der Waals surface area contributed by atoms with E-state index >= 15 is 0 Å². The van der Waals surface area contributed by atoms with Gasteiger partial charge in [0, 0.05) is 5.57 Å². The van der Waals surface area contributed by atoms with Gasteiger partial charge in [-0.15, -0.1) is 0 Å². The van der Waals surface area contributed by atoms with Gasteiger partial charge in [-0.05, 0) is 49.3 Å².